The third-order valence-corrected chi connectivity index (χ3v) is 4.83. The van der Waals surface area contributed by atoms with Crippen LogP contribution in [0.1, 0.15) is 43.6 Å². The molecule has 1 fully saturated rings. The largest absolute Gasteiger partial charge is 0.316 e. The highest BCUT2D eigenvalue weighted by Crippen LogP contribution is 2.33. The number of rotatable bonds is 3. The third-order valence-electron chi connectivity index (χ3n) is 4.83. The number of likely N-dealkylation sites (N-methyl/N-ethyl adjacent to an activating group) is 1. The van der Waals surface area contributed by atoms with E-state index in [1.165, 1.54) is 48.8 Å². The van der Waals surface area contributed by atoms with E-state index in [1.807, 2.05) is 0 Å². The van der Waals surface area contributed by atoms with Crippen LogP contribution in [-0.4, -0.2) is 13.1 Å². The quantitative estimate of drug-likeness (QED) is 0.780. The van der Waals surface area contributed by atoms with Crippen molar-refractivity contribution in [3.8, 4) is 11.1 Å². The standard InChI is InChI=1S/C20H25N/c1-21-20-11-7-3-6-10-19(20)18-14-12-17(13-15-18)16-8-4-2-5-9-16/h2,4-5,8-9,12-15,19-21H,3,6-7,10-11H2,1H3. The maximum Gasteiger partial charge on any atom is 0.0133 e. The van der Waals surface area contributed by atoms with Crippen molar-refractivity contribution in [1.29, 1.82) is 0 Å². The van der Waals surface area contributed by atoms with Gasteiger partial charge in [-0.05, 0) is 42.5 Å². The fourth-order valence-corrected chi connectivity index (χ4v) is 3.61. The van der Waals surface area contributed by atoms with Crippen LogP contribution in [0.3, 0.4) is 0 Å². The van der Waals surface area contributed by atoms with Gasteiger partial charge in [-0.15, -0.1) is 0 Å². The molecule has 2 atom stereocenters. The lowest BCUT2D eigenvalue weighted by Gasteiger charge is -2.25. The van der Waals surface area contributed by atoms with Crippen LogP contribution in [0.4, 0.5) is 0 Å². The summed E-state index contributed by atoms with van der Waals surface area (Å²) in [5, 5.41) is 3.54. The van der Waals surface area contributed by atoms with Gasteiger partial charge in [-0.1, -0.05) is 73.9 Å². The van der Waals surface area contributed by atoms with Crippen LogP contribution in [0, 0.1) is 0 Å². The summed E-state index contributed by atoms with van der Waals surface area (Å²) in [6.45, 7) is 0. The lowest BCUT2D eigenvalue weighted by atomic mass is 9.87. The minimum absolute atomic E-state index is 0.634. The Hall–Kier alpha value is -1.60. The summed E-state index contributed by atoms with van der Waals surface area (Å²) in [7, 11) is 2.11. The Morgan fingerprint density at radius 2 is 1.43 bits per heavy atom. The van der Waals surface area contributed by atoms with E-state index in [9.17, 15) is 0 Å². The highest BCUT2D eigenvalue weighted by Gasteiger charge is 2.23. The molecule has 0 saturated heterocycles. The van der Waals surface area contributed by atoms with Gasteiger partial charge in [0.1, 0.15) is 0 Å². The average molecular weight is 279 g/mol. The zero-order valence-electron chi connectivity index (χ0n) is 12.9. The number of hydrogen-bond donors (Lipinski definition) is 1. The predicted octanol–water partition coefficient (Wildman–Crippen LogP) is 4.99. The monoisotopic (exact) mass is 279 g/mol. The van der Waals surface area contributed by atoms with Crippen LogP contribution in [0.2, 0.25) is 0 Å². The second-order valence-electron chi connectivity index (χ2n) is 6.13. The molecular weight excluding hydrogens is 254 g/mol. The minimum Gasteiger partial charge on any atom is -0.316 e. The molecule has 2 aromatic rings. The summed E-state index contributed by atoms with van der Waals surface area (Å²) in [5.41, 5.74) is 4.11. The Balaban J connectivity index is 1.82. The summed E-state index contributed by atoms with van der Waals surface area (Å²) in [4.78, 5) is 0. The van der Waals surface area contributed by atoms with E-state index in [4.69, 9.17) is 0 Å². The van der Waals surface area contributed by atoms with Crippen LogP contribution in [0.5, 0.6) is 0 Å². The molecule has 21 heavy (non-hydrogen) atoms. The molecule has 1 heteroatoms. The van der Waals surface area contributed by atoms with Crippen LogP contribution in [-0.2, 0) is 0 Å². The van der Waals surface area contributed by atoms with Gasteiger partial charge >= 0.3 is 0 Å². The summed E-state index contributed by atoms with van der Waals surface area (Å²) < 4.78 is 0. The Labute approximate surface area is 128 Å². The van der Waals surface area contributed by atoms with Crippen LogP contribution in [0.15, 0.2) is 54.6 Å². The summed E-state index contributed by atoms with van der Waals surface area (Å²) in [5.74, 6) is 0.669. The van der Waals surface area contributed by atoms with Gasteiger partial charge in [0.15, 0.2) is 0 Å². The smallest absolute Gasteiger partial charge is 0.0133 e. The molecule has 0 aliphatic heterocycles. The first-order chi connectivity index (χ1) is 10.4. The zero-order valence-corrected chi connectivity index (χ0v) is 12.9. The third kappa shape index (κ3) is 3.36. The van der Waals surface area contributed by atoms with Crippen molar-refractivity contribution >= 4 is 0 Å². The molecule has 0 spiro atoms. The van der Waals surface area contributed by atoms with Crippen molar-refractivity contribution in [1.82, 2.24) is 5.32 Å². The number of nitrogens with one attached hydrogen (secondary N) is 1. The molecule has 2 unspecified atom stereocenters. The normalized spacial score (nSPS) is 22.7. The van der Waals surface area contributed by atoms with Crippen molar-refractivity contribution in [2.24, 2.45) is 0 Å². The van der Waals surface area contributed by atoms with E-state index >= 15 is 0 Å². The van der Waals surface area contributed by atoms with Gasteiger partial charge in [-0.25, -0.2) is 0 Å². The number of benzene rings is 2. The first kappa shape index (κ1) is 14.3. The minimum atomic E-state index is 0.634. The fraction of sp³-hybridized carbons (Fsp3) is 0.400. The Bertz CT molecular complexity index is 544. The van der Waals surface area contributed by atoms with Gasteiger partial charge in [0.25, 0.3) is 0 Å². The first-order valence-electron chi connectivity index (χ1n) is 8.21. The molecule has 0 amide bonds. The van der Waals surface area contributed by atoms with Crippen molar-refractivity contribution in [3.63, 3.8) is 0 Å². The van der Waals surface area contributed by atoms with Gasteiger partial charge in [0, 0.05) is 6.04 Å². The van der Waals surface area contributed by atoms with Gasteiger partial charge in [0.05, 0.1) is 0 Å². The molecule has 0 bridgehead atoms. The summed E-state index contributed by atoms with van der Waals surface area (Å²) in [6, 6.07) is 20.5. The van der Waals surface area contributed by atoms with E-state index in [1.54, 1.807) is 0 Å². The predicted molar refractivity (Wildman–Crippen MR) is 90.6 cm³/mol. The van der Waals surface area contributed by atoms with Crippen LogP contribution >= 0.6 is 0 Å². The SMILES string of the molecule is CNC1CCCCCC1c1ccc(-c2ccccc2)cc1. The van der Waals surface area contributed by atoms with Gasteiger partial charge in [-0.3, -0.25) is 0 Å². The molecular formula is C20H25N. The second kappa shape index (κ2) is 6.91. The molecule has 0 heterocycles. The lowest BCUT2D eigenvalue weighted by Crippen LogP contribution is -2.31. The molecule has 3 rings (SSSR count). The van der Waals surface area contributed by atoms with E-state index in [0.29, 0.717) is 12.0 Å². The van der Waals surface area contributed by atoms with Crippen molar-refractivity contribution in [2.45, 2.75) is 44.1 Å². The second-order valence-corrected chi connectivity index (χ2v) is 6.13. The van der Waals surface area contributed by atoms with E-state index in [0.717, 1.165) is 0 Å². The molecule has 1 saturated carbocycles. The summed E-state index contributed by atoms with van der Waals surface area (Å²) in [6.07, 6.45) is 6.74. The highest BCUT2D eigenvalue weighted by molar-refractivity contribution is 5.63. The Morgan fingerprint density at radius 1 is 0.762 bits per heavy atom. The fourth-order valence-electron chi connectivity index (χ4n) is 3.61. The molecule has 1 nitrogen and oxygen atoms in total. The molecule has 1 aliphatic rings. The van der Waals surface area contributed by atoms with E-state index in [2.05, 4.69) is 67.0 Å². The van der Waals surface area contributed by atoms with Crippen LogP contribution < -0.4 is 5.32 Å². The van der Waals surface area contributed by atoms with Crippen molar-refractivity contribution in [2.75, 3.05) is 7.05 Å². The van der Waals surface area contributed by atoms with Crippen molar-refractivity contribution in [3.05, 3.63) is 60.2 Å². The average Bonchev–Trinajstić information content (AvgIpc) is 2.81. The molecule has 2 aromatic carbocycles. The summed E-state index contributed by atoms with van der Waals surface area (Å²) >= 11 is 0. The Kier molecular flexibility index (Phi) is 4.72. The van der Waals surface area contributed by atoms with E-state index < -0.39 is 0 Å². The highest BCUT2D eigenvalue weighted by atomic mass is 14.9. The zero-order chi connectivity index (χ0) is 14.5. The van der Waals surface area contributed by atoms with Crippen molar-refractivity contribution < 1.29 is 0 Å². The first-order valence-corrected chi connectivity index (χ1v) is 8.21. The van der Waals surface area contributed by atoms with Crippen LogP contribution in [0.25, 0.3) is 11.1 Å². The Morgan fingerprint density at radius 3 is 2.14 bits per heavy atom. The van der Waals surface area contributed by atoms with Gasteiger partial charge in [-0.2, -0.15) is 0 Å². The topological polar surface area (TPSA) is 12.0 Å². The van der Waals surface area contributed by atoms with Gasteiger partial charge < -0.3 is 5.32 Å². The maximum atomic E-state index is 3.54. The molecule has 1 aliphatic carbocycles. The molecule has 0 aromatic heterocycles. The molecule has 0 radical (unpaired) electrons. The molecule has 110 valence electrons. The number of hydrogen-bond acceptors (Lipinski definition) is 1. The lowest BCUT2D eigenvalue weighted by molar-refractivity contribution is 0.439. The van der Waals surface area contributed by atoms with Gasteiger partial charge in [0.2, 0.25) is 0 Å². The molecule has 1 N–H and O–H groups in total. The van der Waals surface area contributed by atoms with E-state index in [-0.39, 0.29) is 0 Å². The maximum absolute atomic E-state index is 3.54.